The number of benzene rings is 3. The minimum atomic E-state index is -0.994. The monoisotopic (exact) mass is 406 g/mol. The van der Waals surface area contributed by atoms with Crippen LogP contribution in [0.2, 0.25) is 5.02 Å². The Balaban J connectivity index is 2.20. The summed E-state index contributed by atoms with van der Waals surface area (Å²) in [4.78, 5) is 26.8. The van der Waals surface area contributed by atoms with E-state index in [4.69, 9.17) is 11.6 Å². The van der Waals surface area contributed by atoms with Crippen LogP contribution in [0.3, 0.4) is 0 Å². The lowest BCUT2D eigenvalue weighted by Crippen LogP contribution is -2.19. The van der Waals surface area contributed by atoms with Gasteiger partial charge in [-0.15, -0.1) is 0 Å². The molecule has 0 spiro atoms. The highest BCUT2D eigenvalue weighted by molar-refractivity contribution is 6.35. The minimum Gasteiger partial charge on any atom is -0.480 e. The molecular weight excluding hydrogens is 388 g/mol. The molecular formula is C23H19ClN2O3. The van der Waals surface area contributed by atoms with Gasteiger partial charge < -0.3 is 14.6 Å². The molecule has 0 fully saturated rings. The SMILES string of the molecule is CN(C)c1c(Cl)ccc2c(=O)c3ccc(-c4ccccc4)cc3n(CC(=O)O)c12. The minimum absolute atomic E-state index is 0.143. The van der Waals surface area contributed by atoms with Gasteiger partial charge >= 0.3 is 5.97 Å². The number of nitrogens with zero attached hydrogens (tertiary/aromatic N) is 2. The summed E-state index contributed by atoms with van der Waals surface area (Å²) in [7, 11) is 3.64. The molecule has 0 bridgehead atoms. The van der Waals surface area contributed by atoms with E-state index in [1.807, 2.05) is 56.6 Å². The highest BCUT2D eigenvalue weighted by Gasteiger charge is 2.19. The normalized spacial score (nSPS) is 11.1. The third-order valence-corrected chi connectivity index (χ3v) is 5.30. The molecule has 1 N–H and O–H groups in total. The number of carboxylic acids is 1. The number of carbonyl (C=O) groups is 1. The van der Waals surface area contributed by atoms with Crippen molar-refractivity contribution in [2.75, 3.05) is 19.0 Å². The second-order valence-corrected chi connectivity index (χ2v) is 7.50. The largest absolute Gasteiger partial charge is 0.480 e. The Hall–Kier alpha value is -3.31. The number of pyridine rings is 1. The molecule has 0 atom stereocenters. The topological polar surface area (TPSA) is 62.5 Å². The Morgan fingerprint density at radius 1 is 1.00 bits per heavy atom. The first kappa shape index (κ1) is 19.0. The summed E-state index contributed by atoms with van der Waals surface area (Å²) >= 11 is 6.43. The number of halogens is 1. The Bertz CT molecular complexity index is 1310. The fourth-order valence-electron chi connectivity index (χ4n) is 3.76. The predicted molar refractivity (Wildman–Crippen MR) is 118 cm³/mol. The number of hydrogen-bond acceptors (Lipinski definition) is 3. The van der Waals surface area contributed by atoms with Crippen molar-refractivity contribution in [2.45, 2.75) is 6.54 Å². The lowest BCUT2D eigenvalue weighted by atomic mass is 10.0. The van der Waals surface area contributed by atoms with E-state index in [1.165, 1.54) is 0 Å². The average Bonchev–Trinajstić information content (AvgIpc) is 2.70. The van der Waals surface area contributed by atoms with Crippen LogP contribution < -0.4 is 10.3 Å². The fourth-order valence-corrected chi connectivity index (χ4v) is 4.08. The van der Waals surface area contributed by atoms with E-state index in [1.54, 1.807) is 27.7 Å². The van der Waals surface area contributed by atoms with Crippen LogP contribution in [0.15, 0.2) is 65.5 Å². The van der Waals surface area contributed by atoms with Crippen LogP contribution in [0.1, 0.15) is 0 Å². The van der Waals surface area contributed by atoms with Crippen LogP contribution in [0.5, 0.6) is 0 Å². The maximum Gasteiger partial charge on any atom is 0.323 e. The van der Waals surface area contributed by atoms with Crippen LogP contribution in [0.4, 0.5) is 5.69 Å². The molecule has 0 aliphatic rings. The second kappa shape index (κ2) is 7.26. The average molecular weight is 407 g/mol. The zero-order chi connectivity index (χ0) is 20.7. The lowest BCUT2D eigenvalue weighted by molar-refractivity contribution is -0.137. The third-order valence-electron chi connectivity index (χ3n) is 5.00. The second-order valence-electron chi connectivity index (χ2n) is 7.09. The summed E-state index contributed by atoms with van der Waals surface area (Å²) in [5, 5.41) is 11.0. The molecule has 0 aliphatic heterocycles. The van der Waals surface area contributed by atoms with Crippen molar-refractivity contribution in [1.82, 2.24) is 4.57 Å². The molecule has 4 aromatic rings. The zero-order valence-electron chi connectivity index (χ0n) is 16.0. The molecule has 0 unspecified atom stereocenters. The van der Waals surface area contributed by atoms with Gasteiger partial charge in [-0.25, -0.2) is 0 Å². The number of rotatable bonds is 4. The Morgan fingerprint density at radius 2 is 1.69 bits per heavy atom. The standard InChI is InChI=1S/C23H19ClN2O3/c1-25(2)22-18(24)11-10-17-21(22)26(13-20(27)28)19-12-15(8-9-16(19)23(17)29)14-6-4-3-5-7-14/h3-12H,13H2,1-2H3,(H,27,28). The molecule has 0 saturated carbocycles. The van der Waals surface area contributed by atoms with Gasteiger partial charge in [-0.2, -0.15) is 0 Å². The van der Waals surface area contributed by atoms with Crippen molar-refractivity contribution in [3.63, 3.8) is 0 Å². The molecule has 1 aromatic heterocycles. The quantitative estimate of drug-likeness (QED) is 0.502. The Morgan fingerprint density at radius 3 is 2.34 bits per heavy atom. The number of fused-ring (bicyclic) bond motifs is 2. The number of hydrogen-bond donors (Lipinski definition) is 1. The Labute approximate surface area is 172 Å². The molecule has 5 nitrogen and oxygen atoms in total. The molecule has 146 valence electrons. The maximum atomic E-state index is 13.2. The first-order valence-corrected chi connectivity index (χ1v) is 9.49. The third kappa shape index (κ3) is 3.23. The van der Waals surface area contributed by atoms with Crippen molar-refractivity contribution in [1.29, 1.82) is 0 Å². The Kier molecular flexibility index (Phi) is 4.76. The van der Waals surface area contributed by atoms with E-state index in [2.05, 4.69) is 0 Å². The van der Waals surface area contributed by atoms with Crippen molar-refractivity contribution >= 4 is 45.1 Å². The van der Waals surface area contributed by atoms with E-state index in [0.29, 0.717) is 32.5 Å². The van der Waals surface area contributed by atoms with Crippen molar-refractivity contribution in [3.8, 4) is 11.1 Å². The van der Waals surface area contributed by atoms with Crippen molar-refractivity contribution in [3.05, 3.63) is 75.9 Å². The number of anilines is 1. The molecule has 0 amide bonds. The zero-order valence-corrected chi connectivity index (χ0v) is 16.8. The van der Waals surface area contributed by atoms with Gasteiger partial charge in [0.1, 0.15) is 6.54 Å². The van der Waals surface area contributed by atoms with E-state index in [9.17, 15) is 14.7 Å². The lowest BCUT2D eigenvalue weighted by Gasteiger charge is -2.22. The van der Waals surface area contributed by atoms with E-state index >= 15 is 0 Å². The summed E-state index contributed by atoms with van der Waals surface area (Å²) in [5.41, 5.74) is 3.46. The van der Waals surface area contributed by atoms with Crippen LogP contribution in [-0.2, 0) is 11.3 Å². The molecule has 29 heavy (non-hydrogen) atoms. The van der Waals surface area contributed by atoms with E-state index in [0.717, 1.165) is 11.1 Å². The maximum absolute atomic E-state index is 13.2. The smallest absolute Gasteiger partial charge is 0.323 e. The van der Waals surface area contributed by atoms with Gasteiger partial charge in [0.15, 0.2) is 5.43 Å². The summed E-state index contributed by atoms with van der Waals surface area (Å²) in [6.07, 6.45) is 0. The van der Waals surface area contributed by atoms with Gasteiger partial charge in [-0.1, -0.05) is 48.0 Å². The highest BCUT2D eigenvalue weighted by Crippen LogP contribution is 2.35. The number of carboxylic acid groups (broad SMARTS) is 1. The summed E-state index contributed by atoms with van der Waals surface area (Å²) in [5.74, 6) is -0.994. The van der Waals surface area contributed by atoms with Crippen LogP contribution in [-0.4, -0.2) is 29.7 Å². The highest BCUT2D eigenvalue weighted by atomic mass is 35.5. The van der Waals surface area contributed by atoms with Crippen LogP contribution in [0.25, 0.3) is 32.9 Å². The summed E-state index contributed by atoms with van der Waals surface area (Å²) in [6.45, 7) is -0.285. The van der Waals surface area contributed by atoms with Crippen molar-refractivity contribution < 1.29 is 9.90 Å². The molecule has 4 rings (SSSR count). The van der Waals surface area contributed by atoms with E-state index < -0.39 is 5.97 Å². The summed E-state index contributed by atoms with van der Waals surface area (Å²) in [6, 6.07) is 18.6. The number of aliphatic carboxylic acids is 1. The first-order valence-electron chi connectivity index (χ1n) is 9.12. The fraction of sp³-hybridized carbons (Fsp3) is 0.130. The molecule has 3 aromatic carbocycles. The van der Waals surface area contributed by atoms with Gasteiger partial charge in [0.05, 0.1) is 21.7 Å². The molecule has 1 heterocycles. The van der Waals surface area contributed by atoms with Gasteiger partial charge in [-0.3, -0.25) is 9.59 Å². The van der Waals surface area contributed by atoms with E-state index in [-0.39, 0.29) is 12.0 Å². The van der Waals surface area contributed by atoms with Gasteiger partial charge in [0.2, 0.25) is 0 Å². The van der Waals surface area contributed by atoms with Crippen LogP contribution in [0, 0.1) is 0 Å². The van der Waals surface area contributed by atoms with Crippen molar-refractivity contribution in [2.24, 2.45) is 0 Å². The molecule has 0 aliphatic carbocycles. The van der Waals surface area contributed by atoms with Gasteiger partial charge in [0, 0.05) is 24.9 Å². The summed E-state index contributed by atoms with van der Waals surface area (Å²) < 4.78 is 1.67. The number of aromatic nitrogens is 1. The van der Waals surface area contributed by atoms with Gasteiger partial charge in [0.25, 0.3) is 0 Å². The van der Waals surface area contributed by atoms with Crippen LogP contribution >= 0.6 is 11.6 Å². The predicted octanol–water partition coefficient (Wildman–Crippen LogP) is 4.63. The molecule has 0 radical (unpaired) electrons. The molecule has 6 heteroatoms. The van der Waals surface area contributed by atoms with Gasteiger partial charge in [-0.05, 0) is 35.4 Å². The first-order chi connectivity index (χ1) is 13.9. The molecule has 0 saturated heterocycles.